The highest BCUT2D eigenvalue weighted by Gasteiger charge is 2.06. The SMILES string of the molecule is Cc1cc(F)cc(NC(C)c2ccc(I)cc2)c1. The summed E-state index contributed by atoms with van der Waals surface area (Å²) < 4.78 is 14.5. The molecule has 0 radical (unpaired) electrons. The van der Waals surface area contributed by atoms with Crippen LogP contribution in [0.2, 0.25) is 0 Å². The van der Waals surface area contributed by atoms with Crippen LogP contribution in [0.15, 0.2) is 42.5 Å². The molecule has 0 saturated heterocycles. The van der Waals surface area contributed by atoms with Crippen molar-refractivity contribution >= 4 is 28.3 Å². The fourth-order valence-corrected chi connectivity index (χ4v) is 2.26. The lowest BCUT2D eigenvalue weighted by Crippen LogP contribution is -2.06. The van der Waals surface area contributed by atoms with Crippen LogP contribution >= 0.6 is 22.6 Å². The number of nitrogens with one attached hydrogen (secondary N) is 1. The first-order valence-corrected chi connectivity index (χ1v) is 6.91. The Kier molecular flexibility index (Phi) is 4.22. The van der Waals surface area contributed by atoms with Crippen molar-refractivity contribution in [2.45, 2.75) is 19.9 Å². The first-order chi connectivity index (χ1) is 8.54. The van der Waals surface area contributed by atoms with E-state index in [4.69, 9.17) is 0 Å². The minimum Gasteiger partial charge on any atom is -0.378 e. The van der Waals surface area contributed by atoms with Crippen molar-refractivity contribution < 1.29 is 4.39 Å². The van der Waals surface area contributed by atoms with Gasteiger partial charge in [-0.15, -0.1) is 0 Å². The third-order valence-electron chi connectivity index (χ3n) is 2.80. The number of hydrogen-bond donors (Lipinski definition) is 1. The molecule has 0 aliphatic rings. The summed E-state index contributed by atoms with van der Waals surface area (Å²) in [7, 11) is 0. The molecule has 0 spiro atoms. The molecule has 0 amide bonds. The zero-order valence-electron chi connectivity index (χ0n) is 10.4. The third kappa shape index (κ3) is 3.45. The van der Waals surface area contributed by atoms with Crippen molar-refractivity contribution in [2.24, 2.45) is 0 Å². The van der Waals surface area contributed by atoms with E-state index in [1.54, 1.807) is 0 Å². The normalized spacial score (nSPS) is 12.2. The zero-order valence-corrected chi connectivity index (χ0v) is 12.5. The van der Waals surface area contributed by atoms with Gasteiger partial charge in [0.25, 0.3) is 0 Å². The topological polar surface area (TPSA) is 12.0 Å². The van der Waals surface area contributed by atoms with Crippen LogP contribution in [0, 0.1) is 16.3 Å². The first-order valence-electron chi connectivity index (χ1n) is 5.84. The van der Waals surface area contributed by atoms with E-state index in [0.717, 1.165) is 11.3 Å². The van der Waals surface area contributed by atoms with Crippen LogP contribution in [-0.4, -0.2) is 0 Å². The molecule has 1 nitrogen and oxygen atoms in total. The van der Waals surface area contributed by atoms with Gasteiger partial charge in [0.1, 0.15) is 5.82 Å². The molecule has 2 rings (SSSR count). The number of aryl methyl sites for hydroxylation is 1. The molecule has 18 heavy (non-hydrogen) atoms. The molecular formula is C15H15FIN. The summed E-state index contributed by atoms with van der Waals surface area (Å²) in [6, 6.07) is 13.5. The lowest BCUT2D eigenvalue weighted by molar-refractivity contribution is 0.626. The van der Waals surface area contributed by atoms with E-state index in [9.17, 15) is 4.39 Å². The maximum absolute atomic E-state index is 13.3. The van der Waals surface area contributed by atoms with E-state index in [1.165, 1.54) is 21.3 Å². The van der Waals surface area contributed by atoms with Gasteiger partial charge in [0.05, 0.1) is 0 Å². The highest BCUT2D eigenvalue weighted by Crippen LogP contribution is 2.21. The van der Waals surface area contributed by atoms with E-state index < -0.39 is 0 Å². The summed E-state index contributed by atoms with van der Waals surface area (Å²) in [5, 5.41) is 3.32. The highest BCUT2D eigenvalue weighted by atomic mass is 127. The molecule has 2 aromatic rings. The van der Waals surface area contributed by atoms with Crippen LogP contribution in [0.4, 0.5) is 10.1 Å². The van der Waals surface area contributed by atoms with Gasteiger partial charge in [0.2, 0.25) is 0 Å². The summed E-state index contributed by atoms with van der Waals surface area (Å²) >= 11 is 2.28. The van der Waals surface area contributed by atoms with Crippen LogP contribution in [0.25, 0.3) is 0 Å². The van der Waals surface area contributed by atoms with E-state index in [0.29, 0.717) is 0 Å². The molecule has 0 bridgehead atoms. The van der Waals surface area contributed by atoms with Gasteiger partial charge < -0.3 is 5.32 Å². The minimum atomic E-state index is -0.202. The Balaban J connectivity index is 2.15. The molecule has 94 valence electrons. The van der Waals surface area contributed by atoms with Gasteiger partial charge in [-0.05, 0) is 77.9 Å². The monoisotopic (exact) mass is 355 g/mol. The van der Waals surface area contributed by atoms with Crippen molar-refractivity contribution in [3.63, 3.8) is 0 Å². The van der Waals surface area contributed by atoms with Gasteiger partial charge in [-0.1, -0.05) is 12.1 Å². The molecule has 0 heterocycles. The average Bonchev–Trinajstić information content (AvgIpc) is 2.28. The van der Waals surface area contributed by atoms with Gasteiger partial charge in [0, 0.05) is 15.3 Å². The van der Waals surface area contributed by atoms with Gasteiger partial charge in [-0.25, -0.2) is 4.39 Å². The molecular weight excluding hydrogens is 340 g/mol. The molecule has 0 aliphatic carbocycles. The summed E-state index contributed by atoms with van der Waals surface area (Å²) in [5.41, 5.74) is 2.93. The zero-order chi connectivity index (χ0) is 13.1. The Morgan fingerprint density at radius 1 is 1.11 bits per heavy atom. The maximum Gasteiger partial charge on any atom is 0.125 e. The van der Waals surface area contributed by atoms with Gasteiger partial charge in [-0.3, -0.25) is 0 Å². The predicted molar refractivity (Wildman–Crippen MR) is 82.3 cm³/mol. The second-order valence-corrected chi connectivity index (χ2v) is 5.68. The van der Waals surface area contributed by atoms with E-state index >= 15 is 0 Å². The average molecular weight is 355 g/mol. The smallest absolute Gasteiger partial charge is 0.125 e. The minimum absolute atomic E-state index is 0.156. The number of benzene rings is 2. The number of halogens is 2. The van der Waals surface area contributed by atoms with Crippen LogP contribution in [0.1, 0.15) is 24.1 Å². The molecule has 1 N–H and O–H groups in total. The Labute approximate surface area is 121 Å². The Bertz CT molecular complexity index is 516. The Morgan fingerprint density at radius 2 is 1.78 bits per heavy atom. The van der Waals surface area contributed by atoms with Crippen molar-refractivity contribution in [2.75, 3.05) is 5.32 Å². The van der Waals surface area contributed by atoms with Crippen LogP contribution in [-0.2, 0) is 0 Å². The summed E-state index contributed by atoms with van der Waals surface area (Å²) in [6.45, 7) is 3.96. The molecule has 0 saturated carbocycles. The third-order valence-corrected chi connectivity index (χ3v) is 3.51. The summed E-state index contributed by atoms with van der Waals surface area (Å²) in [6.07, 6.45) is 0. The standard InChI is InChI=1S/C15H15FIN/c1-10-7-13(16)9-15(8-10)18-11(2)12-3-5-14(17)6-4-12/h3-9,11,18H,1-2H3. The molecule has 1 unspecified atom stereocenters. The second kappa shape index (κ2) is 5.69. The quantitative estimate of drug-likeness (QED) is 0.772. The molecule has 3 heteroatoms. The lowest BCUT2D eigenvalue weighted by atomic mass is 10.1. The van der Waals surface area contributed by atoms with Gasteiger partial charge in [0.15, 0.2) is 0 Å². The summed E-state index contributed by atoms with van der Waals surface area (Å²) in [4.78, 5) is 0. The molecule has 0 fully saturated rings. The summed E-state index contributed by atoms with van der Waals surface area (Å²) in [5.74, 6) is -0.202. The lowest BCUT2D eigenvalue weighted by Gasteiger charge is -2.16. The highest BCUT2D eigenvalue weighted by molar-refractivity contribution is 14.1. The largest absolute Gasteiger partial charge is 0.378 e. The molecule has 0 aromatic heterocycles. The molecule has 2 aromatic carbocycles. The van der Waals surface area contributed by atoms with E-state index in [1.807, 2.05) is 13.0 Å². The van der Waals surface area contributed by atoms with Crippen LogP contribution < -0.4 is 5.32 Å². The Morgan fingerprint density at radius 3 is 2.39 bits per heavy atom. The second-order valence-electron chi connectivity index (χ2n) is 4.43. The van der Waals surface area contributed by atoms with Gasteiger partial charge in [-0.2, -0.15) is 0 Å². The van der Waals surface area contributed by atoms with Crippen LogP contribution in [0.5, 0.6) is 0 Å². The number of hydrogen-bond acceptors (Lipinski definition) is 1. The van der Waals surface area contributed by atoms with E-state index in [2.05, 4.69) is 59.1 Å². The fourth-order valence-electron chi connectivity index (χ4n) is 1.90. The number of anilines is 1. The predicted octanol–water partition coefficient (Wildman–Crippen LogP) is 4.91. The van der Waals surface area contributed by atoms with Crippen molar-refractivity contribution in [3.8, 4) is 0 Å². The van der Waals surface area contributed by atoms with Crippen molar-refractivity contribution in [3.05, 3.63) is 63.0 Å². The van der Waals surface area contributed by atoms with Crippen molar-refractivity contribution in [1.29, 1.82) is 0 Å². The molecule has 0 aliphatic heterocycles. The maximum atomic E-state index is 13.3. The number of rotatable bonds is 3. The molecule has 1 atom stereocenters. The van der Waals surface area contributed by atoms with E-state index in [-0.39, 0.29) is 11.9 Å². The van der Waals surface area contributed by atoms with Gasteiger partial charge >= 0.3 is 0 Å². The fraction of sp³-hybridized carbons (Fsp3) is 0.200. The van der Waals surface area contributed by atoms with Crippen molar-refractivity contribution in [1.82, 2.24) is 0 Å². The Hall–Kier alpha value is -1.10. The first kappa shape index (κ1) is 13.3. The van der Waals surface area contributed by atoms with Crippen LogP contribution in [0.3, 0.4) is 0 Å².